The number of benzene rings is 2. The number of nitrogens with one attached hydrogen (secondary N) is 1. The molecule has 0 fully saturated rings. The summed E-state index contributed by atoms with van der Waals surface area (Å²) >= 11 is 1.39. The lowest BCUT2D eigenvalue weighted by Crippen LogP contribution is -2.17. The van der Waals surface area contributed by atoms with Gasteiger partial charge in [-0.3, -0.25) is 4.79 Å². The number of anilines is 1. The van der Waals surface area contributed by atoms with E-state index < -0.39 is 9.84 Å². The monoisotopic (exact) mass is 374 g/mol. The smallest absolute Gasteiger partial charge is 0.227 e. The molecule has 0 unspecified atom stereocenters. The van der Waals surface area contributed by atoms with Crippen molar-refractivity contribution in [3.8, 4) is 0 Å². The molecule has 0 saturated carbocycles. The zero-order valence-corrected chi connectivity index (χ0v) is 15.6. The Balaban J connectivity index is 1.68. The third-order valence-corrected chi connectivity index (χ3v) is 6.43. The van der Waals surface area contributed by atoms with E-state index >= 15 is 0 Å². The normalized spacial score (nSPS) is 11.6. The molecule has 7 heteroatoms. The van der Waals surface area contributed by atoms with Crippen molar-refractivity contribution < 1.29 is 13.2 Å². The second-order valence-corrected chi connectivity index (χ2v) is 9.02. The molecule has 5 nitrogen and oxygen atoms in total. The van der Waals surface area contributed by atoms with E-state index in [1.54, 1.807) is 18.2 Å². The molecular weight excluding hydrogens is 356 g/mol. The highest BCUT2D eigenvalue weighted by Crippen LogP contribution is 2.29. The quantitative estimate of drug-likeness (QED) is 0.738. The maximum Gasteiger partial charge on any atom is 0.227 e. The Labute approximate surface area is 150 Å². The summed E-state index contributed by atoms with van der Waals surface area (Å²) in [5.41, 5.74) is 3.06. The van der Waals surface area contributed by atoms with Gasteiger partial charge in [0.25, 0.3) is 0 Å². The topological polar surface area (TPSA) is 76.1 Å². The lowest BCUT2D eigenvalue weighted by atomic mass is 10.1. The van der Waals surface area contributed by atoms with Gasteiger partial charge >= 0.3 is 0 Å². The van der Waals surface area contributed by atoms with Gasteiger partial charge < -0.3 is 5.32 Å². The minimum atomic E-state index is -3.46. The summed E-state index contributed by atoms with van der Waals surface area (Å²) in [4.78, 5) is 16.8. The fourth-order valence-electron chi connectivity index (χ4n) is 2.58. The fraction of sp³-hybridized carbons (Fsp3) is 0.222. The first-order valence-electron chi connectivity index (χ1n) is 7.80. The summed E-state index contributed by atoms with van der Waals surface area (Å²) in [5, 5.41) is 3.20. The second-order valence-electron chi connectivity index (χ2n) is 5.88. The van der Waals surface area contributed by atoms with Crippen LogP contribution in [0.15, 0.2) is 47.4 Å². The molecule has 0 bridgehead atoms. The van der Waals surface area contributed by atoms with Gasteiger partial charge in [-0.15, -0.1) is 0 Å². The van der Waals surface area contributed by atoms with Crippen LogP contribution in [0.2, 0.25) is 0 Å². The number of hydrogen-bond donors (Lipinski definition) is 1. The van der Waals surface area contributed by atoms with Crippen molar-refractivity contribution in [1.29, 1.82) is 0 Å². The summed E-state index contributed by atoms with van der Waals surface area (Å²) < 4.78 is 25.4. The maximum absolute atomic E-state index is 12.2. The lowest BCUT2D eigenvalue weighted by Gasteiger charge is -2.04. The van der Waals surface area contributed by atoms with E-state index in [1.807, 2.05) is 26.0 Å². The maximum atomic E-state index is 12.2. The largest absolute Gasteiger partial charge is 0.302 e. The number of sulfone groups is 1. The molecule has 3 aromatic rings. The van der Waals surface area contributed by atoms with E-state index in [1.165, 1.54) is 23.5 Å². The molecule has 0 aliphatic heterocycles. The summed E-state index contributed by atoms with van der Waals surface area (Å²) in [7, 11) is -3.46. The predicted octanol–water partition coefficient (Wildman–Crippen LogP) is 3.72. The average molecular weight is 374 g/mol. The van der Waals surface area contributed by atoms with Crippen molar-refractivity contribution in [2.75, 3.05) is 11.1 Å². The summed E-state index contributed by atoms with van der Waals surface area (Å²) in [6.45, 7) is 3.99. The number of aryl methyl sites for hydroxylation is 2. The highest BCUT2D eigenvalue weighted by Gasteiger charge is 2.17. The first kappa shape index (κ1) is 17.6. The fourth-order valence-corrected chi connectivity index (χ4v) is 4.90. The van der Waals surface area contributed by atoms with Crippen LogP contribution in [-0.4, -0.2) is 25.1 Å². The summed E-state index contributed by atoms with van der Waals surface area (Å²) in [6.07, 6.45) is -0.106. The zero-order valence-electron chi connectivity index (χ0n) is 13.9. The number of hydrogen-bond acceptors (Lipinski definition) is 5. The third kappa shape index (κ3) is 4.05. The molecule has 0 saturated heterocycles. The highest BCUT2D eigenvalue weighted by molar-refractivity contribution is 7.91. The zero-order chi connectivity index (χ0) is 18.0. The predicted molar refractivity (Wildman–Crippen MR) is 101 cm³/mol. The first-order chi connectivity index (χ1) is 11.8. The Morgan fingerprint density at radius 1 is 1.16 bits per heavy atom. The minimum Gasteiger partial charge on any atom is -0.302 e. The van der Waals surface area contributed by atoms with Crippen molar-refractivity contribution in [2.45, 2.75) is 25.2 Å². The van der Waals surface area contributed by atoms with Gasteiger partial charge in [0, 0.05) is 6.42 Å². The van der Waals surface area contributed by atoms with Gasteiger partial charge in [-0.25, -0.2) is 13.4 Å². The highest BCUT2D eigenvalue weighted by atomic mass is 32.2. The molecule has 130 valence electrons. The van der Waals surface area contributed by atoms with Crippen molar-refractivity contribution in [1.82, 2.24) is 4.98 Å². The van der Waals surface area contributed by atoms with E-state index in [2.05, 4.69) is 10.3 Å². The SMILES string of the molecule is Cc1cc(C)c2nc(NC(=O)CCS(=O)(=O)c3ccccc3)sc2c1. The molecule has 1 aromatic heterocycles. The van der Waals surface area contributed by atoms with E-state index in [4.69, 9.17) is 0 Å². The molecule has 0 aliphatic carbocycles. The number of amides is 1. The molecule has 0 aliphatic rings. The molecule has 0 radical (unpaired) electrons. The Kier molecular flexibility index (Phi) is 4.87. The Hall–Kier alpha value is -2.25. The van der Waals surface area contributed by atoms with Crippen LogP contribution in [0, 0.1) is 13.8 Å². The van der Waals surface area contributed by atoms with Crippen LogP contribution in [-0.2, 0) is 14.6 Å². The summed E-state index contributed by atoms with van der Waals surface area (Å²) in [6, 6.07) is 12.2. The van der Waals surface area contributed by atoms with Crippen molar-refractivity contribution in [3.05, 3.63) is 53.6 Å². The number of fused-ring (bicyclic) bond motifs is 1. The van der Waals surface area contributed by atoms with Crippen LogP contribution in [0.25, 0.3) is 10.2 Å². The summed E-state index contributed by atoms with van der Waals surface area (Å²) in [5.74, 6) is -0.584. The van der Waals surface area contributed by atoms with E-state index in [9.17, 15) is 13.2 Å². The molecule has 2 aromatic carbocycles. The molecule has 0 atom stereocenters. The Morgan fingerprint density at radius 3 is 2.60 bits per heavy atom. The van der Waals surface area contributed by atoms with Crippen molar-refractivity contribution >= 4 is 42.4 Å². The average Bonchev–Trinajstić information content (AvgIpc) is 2.96. The van der Waals surface area contributed by atoms with Gasteiger partial charge in [0.15, 0.2) is 15.0 Å². The molecule has 1 heterocycles. The van der Waals surface area contributed by atoms with Gasteiger partial charge in [-0.2, -0.15) is 0 Å². The Morgan fingerprint density at radius 2 is 1.88 bits per heavy atom. The van der Waals surface area contributed by atoms with Gasteiger partial charge in [0.05, 0.1) is 20.9 Å². The van der Waals surface area contributed by atoms with Gasteiger partial charge in [-0.1, -0.05) is 35.6 Å². The van der Waals surface area contributed by atoms with Gasteiger partial charge in [0.1, 0.15) is 0 Å². The van der Waals surface area contributed by atoms with Crippen molar-refractivity contribution in [2.24, 2.45) is 0 Å². The number of nitrogens with zero attached hydrogens (tertiary/aromatic N) is 1. The molecule has 1 amide bonds. The van der Waals surface area contributed by atoms with Gasteiger partial charge in [-0.05, 0) is 43.2 Å². The number of aromatic nitrogens is 1. The third-order valence-electron chi connectivity index (χ3n) is 3.78. The molecule has 25 heavy (non-hydrogen) atoms. The number of carbonyl (C=O) groups is 1. The van der Waals surface area contributed by atoms with E-state index in [0.717, 1.165) is 21.3 Å². The lowest BCUT2D eigenvalue weighted by molar-refractivity contribution is -0.115. The number of rotatable bonds is 5. The van der Waals surface area contributed by atoms with Crippen LogP contribution in [0.4, 0.5) is 5.13 Å². The van der Waals surface area contributed by atoms with Crippen LogP contribution in [0.3, 0.4) is 0 Å². The number of thiazole rings is 1. The van der Waals surface area contributed by atoms with E-state index in [0.29, 0.717) is 5.13 Å². The molecule has 0 spiro atoms. The second kappa shape index (κ2) is 6.93. The molecule has 3 rings (SSSR count). The van der Waals surface area contributed by atoms with Gasteiger partial charge in [0.2, 0.25) is 5.91 Å². The molecule has 1 N–H and O–H groups in total. The van der Waals surface area contributed by atoms with Crippen LogP contribution in [0.5, 0.6) is 0 Å². The number of carbonyl (C=O) groups excluding carboxylic acids is 1. The van der Waals surface area contributed by atoms with Crippen LogP contribution < -0.4 is 5.32 Å². The molecular formula is C18H18N2O3S2. The van der Waals surface area contributed by atoms with Crippen molar-refractivity contribution in [3.63, 3.8) is 0 Å². The van der Waals surface area contributed by atoms with E-state index in [-0.39, 0.29) is 23.0 Å². The van der Waals surface area contributed by atoms with Crippen LogP contribution in [0.1, 0.15) is 17.5 Å². The Bertz CT molecular complexity index is 1030. The standard InChI is InChI=1S/C18H18N2O3S2/c1-12-10-13(2)17-15(11-12)24-18(20-17)19-16(21)8-9-25(22,23)14-6-4-3-5-7-14/h3-7,10-11H,8-9H2,1-2H3,(H,19,20,21). The minimum absolute atomic E-state index is 0.106. The first-order valence-corrected chi connectivity index (χ1v) is 10.3. The van der Waals surface area contributed by atoms with Crippen LogP contribution >= 0.6 is 11.3 Å².